The van der Waals surface area contributed by atoms with E-state index in [1.807, 2.05) is 6.92 Å². The van der Waals surface area contributed by atoms with Gasteiger partial charge in [0.25, 0.3) is 0 Å². The Labute approximate surface area is 64.8 Å². The van der Waals surface area contributed by atoms with Crippen LogP contribution in [-0.4, -0.2) is 12.2 Å². The van der Waals surface area contributed by atoms with Crippen LogP contribution in [0.3, 0.4) is 0 Å². The zero-order chi connectivity index (χ0) is 8.91. The largest absolute Gasteiger partial charge is 0.389 e. The van der Waals surface area contributed by atoms with E-state index >= 15 is 0 Å². The number of rotatable bonds is 4. The zero-order valence-electron chi connectivity index (χ0n) is 6.62. The van der Waals surface area contributed by atoms with Gasteiger partial charge in [-0.15, -0.1) is 0 Å². The molecule has 0 aliphatic rings. The van der Waals surface area contributed by atoms with Gasteiger partial charge in [0.2, 0.25) is 0 Å². The molecule has 68 valence electrons. The molecule has 1 atom stereocenters. The van der Waals surface area contributed by atoms with Gasteiger partial charge in [-0.25, -0.2) is 0 Å². The number of nitrogens with two attached hydrogens (primary N) is 1. The molecule has 0 bridgehead atoms. The summed E-state index contributed by atoms with van der Waals surface area (Å²) in [7, 11) is 0. The monoisotopic (exact) mass is 169 g/mol. The topological polar surface area (TPSA) is 26.0 Å². The predicted octanol–water partition coefficient (Wildman–Crippen LogP) is 2.46. The van der Waals surface area contributed by atoms with Crippen LogP contribution in [0.4, 0.5) is 13.2 Å². The number of hydrogen-bond acceptors (Lipinski definition) is 1. The highest BCUT2D eigenvalue weighted by Crippen LogP contribution is 2.22. The van der Waals surface area contributed by atoms with Crippen LogP contribution in [0.1, 0.15) is 32.6 Å². The van der Waals surface area contributed by atoms with Gasteiger partial charge in [-0.05, 0) is 12.8 Å². The first-order valence-corrected chi connectivity index (χ1v) is 3.78. The molecule has 0 radical (unpaired) electrons. The molecule has 0 aromatic heterocycles. The van der Waals surface area contributed by atoms with Gasteiger partial charge >= 0.3 is 6.18 Å². The highest BCUT2D eigenvalue weighted by Gasteiger charge is 2.27. The van der Waals surface area contributed by atoms with Gasteiger partial charge in [0.1, 0.15) is 0 Å². The maximum atomic E-state index is 11.6. The fourth-order valence-electron chi connectivity index (χ4n) is 0.864. The van der Waals surface area contributed by atoms with Crippen LogP contribution in [0.5, 0.6) is 0 Å². The van der Waals surface area contributed by atoms with Gasteiger partial charge in [-0.2, -0.15) is 13.2 Å². The van der Waals surface area contributed by atoms with Crippen molar-refractivity contribution >= 4 is 0 Å². The Balaban J connectivity index is 3.38. The van der Waals surface area contributed by atoms with Crippen molar-refractivity contribution in [3.8, 4) is 0 Å². The van der Waals surface area contributed by atoms with Crippen LogP contribution in [0.2, 0.25) is 0 Å². The van der Waals surface area contributed by atoms with E-state index in [1.54, 1.807) is 0 Å². The van der Waals surface area contributed by atoms with Crippen LogP contribution in [0.25, 0.3) is 0 Å². The molecule has 0 aromatic rings. The van der Waals surface area contributed by atoms with Crippen LogP contribution >= 0.6 is 0 Å². The van der Waals surface area contributed by atoms with E-state index in [4.69, 9.17) is 5.73 Å². The summed E-state index contributed by atoms with van der Waals surface area (Å²) in [5.74, 6) is 0. The summed E-state index contributed by atoms with van der Waals surface area (Å²) >= 11 is 0. The van der Waals surface area contributed by atoms with Crippen molar-refractivity contribution in [1.29, 1.82) is 0 Å². The van der Waals surface area contributed by atoms with E-state index < -0.39 is 12.6 Å². The molecule has 0 rings (SSSR count). The van der Waals surface area contributed by atoms with Gasteiger partial charge in [0, 0.05) is 12.5 Å². The smallest absolute Gasteiger partial charge is 0.328 e. The Morgan fingerprint density at radius 2 is 1.82 bits per heavy atom. The molecule has 0 saturated carbocycles. The summed E-state index contributed by atoms with van der Waals surface area (Å²) < 4.78 is 34.8. The molecule has 0 fully saturated rings. The summed E-state index contributed by atoms with van der Waals surface area (Å²) in [5.41, 5.74) is 5.39. The quantitative estimate of drug-likeness (QED) is 0.687. The molecular weight excluding hydrogens is 155 g/mol. The average Bonchev–Trinajstić information content (AvgIpc) is 1.83. The standard InChI is InChI=1S/C7H14F3N/c1-2-3-6(11)4-5-7(8,9)10/h6H,2-5,11H2,1H3/t6-/m0/s1. The van der Waals surface area contributed by atoms with E-state index in [9.17, 15) is 13.2 Å². The lowest BCUT2D eigenvalue weighted by molar-refractivity contribution is -0.136. The molecule has 0 spiro atoms. The molecule has 4 heteroatoms. The van der Waals surface area contributed by atoms with Crippen molar-refractivity contribution in [3.63, 3.8) is 0 Å². The maximum Gasteiger partial charge on any atom is 0.389 e. The van der Waals surface area contributed by atoms with Crippen molar-refractivity contribution in [2.24, 2.45) is 5.73 Å². The lowest BCUT2D eigenvalue weighted by atomic mass is 10.1. The van der Waals surface area contributed by atoms with Gasteiger partial charge in [0.15, 0.2) is 0 Å². The molecule has 0 saturated heterocycles. The van der Waals surface area contributed by atoms with E-state index in [1.165, 1.54) is 0 Å². The number of halogens is 3. The predicted molar refractivity (Wildman–Crippen MR) is 38.2 cm³/mol. The Morgan fingerprint density at radius 3 is 2.18 bits per heavy atom. The van der Waals surface area contributed by atoms with Gasteiger partial charge in [-0.3, -0.25) is 0 Å². The summed E-state index contributed by atoms with van der Waals surface area (Å²) in [5, 5.41) is 0. The summed E-state index contributed by atoms with van der Waals surface area (Å²) in [6.45, 7) is 1.91. The molecule has 11 heavy (non-hydrogen) atoms. The lowest BCUT2D eigenvalue weighted by Gasteiger charge is -2.11. The average molecular weight is 169 g/mol. The normalized spacial score (nSPS) is 15.0. The van der Waals surface area contributed by atoms with Gasteiger partial charge in [0.05, 0.1) is 0 Å². The van der Waals surface area contributed by atoms with Crippen molar-refractivity contribution in [3.05, 3.63) is 0 Å². The van der Waals surface area contributed by atoms with E-state index in [0.29, 0.717) is 6.42 Å². The first kappa shape index (κ1) is 10.8. The second-order valence-corrected chi connectivity index (χ2v) is 2.70. The highest BCUT2D eigenvalue weighted by molar-refractivity contribution is 4.63. The van der Waals surface area contributed by atoms with Crippen molar-refractivity contribution in [2.75, 3.05) is 0 Å². The third kappa shape index (κ3) is 7.65. The molecule has 0 aliphatic heterocycles. The van der Waals surface area contributed by atoms with Crippen molar-refractivity contribution < 1.29 is 13.2 Å². The molecule has 0 amide bonds. The van der Waals surface area contributed by atoms with E-state index in [-0.39, 0.29) is 12.5 Å². The van der Waals surface area contributed by atoms with Crippen LogP contribution < -0.4 is 5.73 Å². The minimum absolute atomic E-state index is 0.0529. The number of hydrogen-bond donors (Lipinski definition) is 1. The SMILES string of the molecule is CCC[C@H](N)CCC(F)(F)F. The summed E-state index contributed by atoms with van der Waals surface area (Å²) in [6, 6.07) is -0.290. The minimum atomic E-state index is -4.05. The fraction of sp³-hybridized carbons (Fsp3) is 1.00. The Hall–Kier alpha value is -0.250. The van der Waals surface area contributed by atoms with E-state index in [2.05, 4.69) is 0 Å². The van der Waals surface area contributed by atoms with Crippen LogP contribution in [0, 0.1) is 0 Å². The molecule has 0 aliphatic carbocycles. The molecule has 2 N–H and O–H groups in total. The molecule has 0 heterocycles. The molecular formula is C7H14F3N. The maximum absolute atomic E-state index is 11.6. The summed E-state index contributed by atoms with van der Waals surface area (Å²) in [6.07, 6.45) is -3.23. The highest BCUT2D eigenvalue weighted by atomic mass is 19.4. The first-order valence-electron chi connectivity index (χ1n) is 3.78. The molecule has 1 nitrogen and oxygen atoms in total. The Kier molecular flexibility index (Phi) is 4.49. The lowest BCUT2D eigenvalue weighted by Crippen LogP contribution is -2.22. The second-order valence-electron chi connectivity index (χ2n) is 2.70. The first-order chi connectivity index (χ1) is 4.95. The van der Waals surface area contributed by atoms with Crippen LogP contribution in [0.15, 0.2) is 0 Å². The number of alkyl halides is 3. The fourth-order valence-corrected chi connectivity index (χ4v) is 0.864. The summed E-state index contributed by atoms with van der Waals surface area (Å²) in [4.78, 5) is 0. The van der Waals surface area contributed by atoms with Gasteiger partial charge < -0.3 is 5.73 Å². The Morgan fingerprint density at radius 1 is 1.27 bits per heavy atom. The van der Waals surface area contributed by atoms with Crippen molar-refractivity contribution in [2.45, 2.75) is 44.8 Å². The van der Waals surface area contributed by atoms with Crippen molar-refractivity contribution in [1.82, 2.24) is 0 Å². The second kappa shape index (κ2) is 4.59. The van der Waals surface area contributed by atoms with E-state index in [0.717, 1.165) is 6.42 Å². The minimum Gasteiger partial charge on any atom is -0.328 e. The molecule has 0 aromatic carbocycles. The zero-order valence-corrected chi connectivity index (χ0v) is 6.62. The Bertz CT molecular complexity index is 100. The van der Waals surface area contributed by atoms with Gasteiger partial charge in [-0.1, -0.05) is 13.3 Å². The van der Waals surface area contributed by atoms with Crippen LogP contribution in [-0.2, 0) is 0 Å². The third-order valence-corrected chi connectivity index (χ3v) is 1.46. The molecule has 0 unspecified atom stereocenters. The third-order valence-electron chi connectivity index (χ3n) is 1.46.